The van der Waals surface area contributed by atoms with E-state index in [9.17, 15) is 9.59 Å². The van der Waals surface area contributed by atoms with Crippen LogP contribution in [-0.2, 0) is 4.79 Å². The van der Waals surface area contributed by atoms with Crippen molar-refractivity contribution in [1.29, 1.82) is 0 Å². The van der Waals surface area contributed by atoms with Crippen molar-refractivity contribution in [2.45, 2.75) is 0 Å². The standard InChI is InChI=1S/C22H19BrN2O5/c1-28-18-9-6-15(23)12-14(18)5-10-21(26)24-16-7-8-17(20(13-16)29-2)25-22(27)19-4-3-11-30-19/h3-13H,1-2H3,(H,24,26)(H,25,27). The molecule has 0 unspecified atom stereocenters. The molecule has 0 radical (unpaired) electrons. The van der Waals surface area contributed by atoms with E-state index in [1.165, 1.54) is 19.4 Å². The second-order valence-corrected chi connectivity index (χ2v) is 6.97. The zero-order valence-electron chi connectivity index (χ0n) is 16.3. The van der Waals surface area contributed by atoms with Gasteiger partial charge in [0.05, 0.1) is 26.2 Å². The molecule has 3 rings (SSSR count). The van der Waals surface area contributed by atoms with Crippen LogP contribution in [-0.4, -0.2) is 26.0 Å². The van der Waals surface area contributed by atoms with Crippen LogP contribution in [0.2, 0.25) is 0 Å². The lowest BCUT2D eigenvalue weighted by atomic mass is 10.2. The first-order valence-corrected chi connectivity index (χ1v) is 9.65. The minimum Gasteiger partial charge on any atom is -0.496 e. The summed E-state index contributed by atoms with van der Waals surface area (Å²) in [6.07, 6.45) is 4.49. The summed E-state index contributed by atoms with van der Waals surface area (Å²) in [5.74, 6) is 0.501. The Hall–Kier alpha value is -3.52. The van der Waals surface area contributed by atoms with Crippen molar-refractivity contribution in [2.24, 2.45) is 0 Å². The van der Waals surface area contributed by atoms with E-state index in [1.807, 2.05) is 18.2 Å². The third-order valence-electron chi connectivity index (χ3n) is 4.07. The lowest BCUT2D eigenvalue weighted by Gasteiger charge is -2.11. The third kappa shape index (κ3) is 5.30. The van der Waals surface area contributed by atoms with E-state index in [-0.39, 0.29) is 11.7 Å². The second-order valence-electron chi connectivity index (χ2n) is 6.06. The van der Waals surface area contributed by atoms with Crippen molar-refractivity contribution in [3.8, 4) is 11.5 Å². The molecule has 0 aliphatic rings. The molecule has 154 valence electrons. The monoisotopic (exact) mass is 470 g/mol. The molecule has 0 saturated carbocycles. The topological polar surface area (TPSA) is 89.8 Å². The third-order valence-corrected chi connectivity index (χ3v) is 4.56. The number of carbonyl (C=O) groups is 2. The van der Waals surface area contributed by atoms with Gasteiger partial charge in [-0.2, -0.15) is 0 Å². The maximum absolute atomic E-state index is 12.3. The molecule has 7 nitrogen and oxygen atoms in total. The fourth-order valence-electron chi connectivity index (χ4n) is 2.65. The first-order chi connectivity index (χ1) is 14.5. The van der Waals surface area contributed by atoms with Crippen LogP contribution >= 0.6 is 15.9 Å². The van der Waals surface area contributed by atoms with E-state index in [1.54, 1.807) is 43.5 Å². The molecule has 0 bridgehead atoms. The van der Waals surface area contributed by atoms with E-state index in [2.05, 4.69) is 26.6 Å². The Labute approximate surface area is 181 Å². The number of nitrogens with one attached hydrogen (secondary N) is 2. The van der Waals surface area contributed by atoms with E-state index in [0.29, 0.717) is 22.9 Å². The van der Waals surface area contributed by atoms with Crippen LogP contribution < -0.4 is 20.1 Å². The smallest absolute Gasteiger partial charge is 0.291 e. The normalized spacial score (nSPS) is 10.6. The summed E-state index contributed by atoms with van der Waals surface area (Å²) in [7, 11) is 3.04. The molecule has 0 fully saturated rings. The van der Waals surface area contributed by atoms with Gasteiger partial charge < -0.3 is 24.5 Å². The Kier molecular flexibility index (Phi) is 6.92. The van der Waals surface area contributed by atoms with Crippen molar-refractivity contribution < 1.29 is 23.5 Å². The minimum absolute atomic E-state index is 0.183. The Morgan fingerprint density at radius 1 is 1.00 bits per heavy atom. The van der Waals surface area contributed by atoms with Crippen LogP contribution in [0.4, 0.5) is 11.4 Å². The van der Waals surface area contributed by atoms with Gasteiger partial charge in [0.15, 0.2) is 5.76 Å². The summed E-state index contributed by atoms with van der Waals surface area (Å²) < 4.78 is 16.6. The van der Waals surface area contributed by atoms with Crippen molar-refractivity contribution >= 4 is 45.2 Å². The van der Waals surface area contributed by atoms with Gasteiger partial charge in [-0.25, -0.2) is 0 Å². The Morgan fingerprint density at radius 3 is 2.50 bits per heavy atom. The number of anilines is 2. The maximum atomic E-state index is 12.3. The number of methoxy groups -OCH3 is 2. The first kappa shape index (κ1) is 21.2. The van der Waals surface area contributed by atoms with Crippen LogP contribution in [0.3, 0.4) is 0 Å². The number of hydrogen-bond donors (Lipinski definition) is 2. The molecule has 0 aliphatic carbocycles. The molecule has 2 amide bonds. The quantitative estimate of drug-likeness (QED) is 0.476. The molecular formula is C22H19BrN2O5. The largest absolute Gasteiger partial charge is 0.496 e. The van der Waals surface area contributed by atoms with Crippen molar-refractivity contribution in [3.05, 3.63) is 76.7 Å². The van der Waals surface area contributed by atoms with Crippen LogP contribution in [0.15, 0.2) is 69.8 Å². The van der Waals surface area contributed by atoms with E-state index < -0.39 is 5.91 Å². The zero-order valence-corrected chi connectivity index (χ0v) is 17.9. The van der Waals surface area contributed by atoms with E-state index in [0.717, 1.165) is 10.0 Å². The lowest BCUT2D eigenvalue weighted by molar-refractivity contribution is -0.111. The minimum atomic E-state index is -0.402. The number of hydrogen-bond acceptors (Lipinski definition) is 5. The molecule has 2 aromatic carbocycles. The number of rotatable bonds is 7. The predicted molar refractivity (Wildman–Crippen MR) is 118 cm³/mol. The Morgan fingerprint density at radius 2 is 1.80 bits per heavy atom. The highest BCUT2D eigenvalue weighted by Gasteiger charge is 2.13. The number of ether oxygens (including phenoxy) is 2. The summed E-state index contributed by atoms with van der Waals surface area (Å²) >= 11 is 3.40. The summed E-state index contributed by atoms with van der Waals surface area (Å²) in [6, 6.07) is 13.6. The molecule has 0 spiro atoms. The van der Waals surface area contributed by atoms with Gasteiger partial charge in [0, 0.05) is 27.9 Å². The van der Waals surface area contributed by atoms with Gasteiger partial charge in [0.2, 0.25) is 5.91 Å². The predicted octanol–water partition coefficient (Wildman–Crippen LogP) is 4.96. The highest BCUT2D eigenvalue weighted by Crippen LogP contribution is 2.29. The van der Waals surface area contributed by atoms with Gasteiger partial charge in [-0.1, -0.05) is 15.9 Å². The van der Waals surface area contributed by atoms with Gasteiger partial charge in [-0.3, -0.25) is 9.59 Å². The average molecular weight is 471 g/mol. The van der Waals surface area contributed by atoms with Crippen LogP contribution in [0.5, 0.6) is 11.5 Å². The van der Waals surface area contributed by atoms with Gasteiger partial charge >= 0.3 is 0 Å². The molecule has 1 aromatic heterocycles. The fraction of sp³-hybridized carbons (Fsp3) is 0.0909. The Bertz CT molecular complexity index is 1080. The van der Waals surface area contributed by atoms with Crippen LogP contribution in [0.1, 0.15) is 16.1 Å². The highest BCUT2D eigenvalue weighted by atomic mass is 79.9. The number of furan rings is 1. The molecule has 0 atom stereocenters. The van der Waals surface area contributed by atoms with Crippen molar-refractivity contribution in [1.82, 2.24) is 0 Å². The summed E-state index contributed by atoms with van der Waals surface area (Å²) in [5.41, 5.74) is 1.72. The highest BCUT2D eigenvalue weighted by molar-refractivity contribution is 9.10. The van der Waals surface area contributed by atoms with Gasteiger partial charge in [0.25, 0.3) is 5.91 Å². The molecule has 0 aliphatic heterocycles. The van der Waals surface area contributed by atoms with Crippen molar-refractivity contribution in [3.63, 3.8) is 0 Å². The van der Waals surface area contributed by atoms with E-state index in [4.69, 9.17) is 13.9 Å². The number of carbonyl (C=O) groups excluding carboxylic acids is 2. The summed E-state index contributed by atoms with van der Waals surface area (Å²) in [5, 5.41) is 5.46. The SMILES string of the molecule is COc1ccc(Br)cc1C=CC(=O)Nc1ccc(NC(=O)c2ccco2)c(OC)c1. The van der Waals surface area contributed by atoms with E-state index >= 15 is 0 Å². The number of halogens is 1. The molecular weight excluding hydrogens is 452 g/mol. The summed E-state index contributed by atoms with van der Waals surface area (Å²) in [4.78, 5) is 24.5. The maximum Gasteiger partial charge on any atom is 0.291 e. The van der Waals surface area contributed by atoms with Crippen molar-refractivity contribution in [2.75, 3.05) is 24.9 Å². The van der Waals surface area contributed by atoms with Gasteiger partial charge in [0.1, 0.15) is 11.5 Å². The first-order valence-electron chi connectivity index (χ1n) is 8.85. The summed E-state index contributed by atoms with van der Waals surface area (Å²) in [6.45, 7) is 0. The van der Waals surface area contributed by atoms with Gasteiger partial charge in [-0.15, -0.1) is 0 Å². The lowest BCUT2D eigenvalue weighted by Crippen LogP contribution is -2.12. The molecule has 2 N–H and O–H groups in total. The fourth-order valence-corrected chi connectivity index (χ4v) is 3.03. The van der Waals surface area contributed by atoms with Crippen LogP contribution in [0, 0.1) is 0 Å². The molecule has 1 heterocycles. The average Bonchev–Trinajstić information content (AvgIpc) is 3.28. The second kappa shape index (κ2) is 9.80. The molecule has 8 heteroatoms. The Balaban J connectivity index is 1.70. The van der Waals surface area contributed by atoms with Gasteiger partial charge in [-0.05, 0) is 48.5 Å². The van der Waals surface area contributed by atoms with Crippen LogP contribution in [0.25, 0.3) is 6.08 Å². The molecule has 3 aromatic rings. The molecule has 30 heavy (non-hydrogen) atoms. The molecule has 0 saturated heterocycles. The zero-order chi connectivity index (χ0) is 21.5. The number of amides is 2. The number of benzene rings is 2.